The Balaban J connectivity index is 1.68. The average Bonchev–Trinajstić information content (AvgIpc) is 2.45. The van der Waals surface area contributed by atoms with Crippen LogP contribution in [0.15, 0.2) is 48.5 Å². The maximum absolute atomic E-state index is 6.01. The summed E-state index contributed by atoms with van der Waals surface area (Å²) >= 11 is 0. The lowest BCUT2D eigenvalue weighted by Gasteiger charge is -2.32. The van der Waals surface area contributed by atoms with E-state index in [4.69, 9.17) is 4.74 Å². The molecule has 1 aliphatic heterocycles. The van der Waals surface area contributed by atoms with Gasteiger partial charge in [0.2, 0.25) is 0 Å². The third-order valence-electron chi connectivity index (χ3n) is 4.52. The predicted molar refractivity (Wildman–Crippen MR) is 80.1 cm³/mol. The summed E-state index contributed by atoms with van der Waals surface area (Å²) in [6.45, 7) is 1.10. The molecule has 4 rings (SSSR count). The molecular formula is C18H19NO. The molecule has 0 saturated heterocycles. The molecule has 0 aromatic heterocycles. The van der Waals surface area contributed by atoms with Gasteiger partial charge in [-0.3, -0.25) is 0 Å². The first kappa shape index (κ1) is 12.0. The van der Waals surface area contributed by atoms with Crippen molar-refractivity contribution in [2.75, 3.05) is 6.54 Å². The second kappa shape index (κ2) is 4.95. The highest BCUT2D eigenvalue weighted by Crippen LogP contribution is 2.42. The molecular weight excluding hydrogens is 246 g/mol. The fourth-order valence-electron chi connectivity index (χ4n) is 3.11. The van der Waals surface area contributed by atoms with E-state index in [-0.39, 0.29) is 6.04 Å². The molecule has 1 saturated carbocycles. The van der Waals surface area contributed by atoms with Crippen LogP contribution in [0.4, 0.5) is 0 Å². The van der Waals surface area contributed by atoms with Gasteiger partial charge in [-0.1, -0.05) is 42.8 Å². The van der Waals surface area contributed by atoms with Gasteiger partial charge in [0.25, 0.3) is 0 Å². The van der Waals surface area contributed by atoms with Crippen molar-refractivity contribution in [1.29, 1.82) is 0 Å². The first-order valence-corrected chi connectivity index (χ1v) is 7.51. The van der Waals surface area contributed by atoms with Crippen LogP contribution in [-0.4, -0.2) is 6.54 Å². The molecule has 0 unspecified atom stereocenters. The topological polar surface area (TPSA) is 21.3 Å². The Morgan fingerprint density at radius 1 is 0.900 bits per heavy atom. The van der Waals surface area contributed by atoms with Gasteiger partial charge in [0.05, 0.1) is 6.04 Å². The first-order chi connectivity index (χ1) is 9.92. The maximum Gasteiger partial charge on any atom is 0.132 e. The van der Waals surface area contributed by atoms with Gasteiger partial charge in [-0.15, -0.1) is 0 Å². The average molecular weight is 265 g/mol. The zero-order chi connectivity index (χ0) is 13.4. The molecule has 0 spiro atoms. The largest absolute Gasteiger partial charge is 0.457 e. The van der Waals surface area contributed by atoms with Crippen molar-refractivity contribution in [3.63, 3.8) is 0 Å². The molecule has 2 nitrogen and oxygen atoms in total. The molecule has 2 aromatic carbocycles. The number of benzene rings is 2. The first-order valence-electron chi connectivity index (χ1n) is 7.51. The van der Waals surface area contributed by atoms with Gasteiger partial charge in [0.15, 0.2) is 0 Å². The minimum absolute atomic E-state index is 0.261. The van der Waals surface area contributed by atoms with E-state index >= 15 is 0 Å². The molecule has 102 valence electrons. The SMILES string of the molecule is c1ccc2c(c1)Oc1ccccc1C2NCC1CCC1. The monoisotopic (exact) mass is 265 g/mol. The molecule has 0 bridgehead atoms. The smallest absolute Gasteiger partial charge is 0.132 e. The summed E-state index contributed by atoms with van der Waals surface area (Å²) in [4.78, 5) is 0. The highest BCUT2D eigenvalue weighted by atomic mass is 16.5. The van der Waals surface area contributed by atoms with Crippen LogP contribution in [0.2, 0.25) is 0 Å². The standard InChI is InChI=1S/C18H19NO/c1-3-10-16-14(8-1)18(19-12-13-6-5-7-13)15-9-2-4-11-17(15)20-16/h1-4,8-11,13,18-19H,5-7,12H2. The van der Waals surface area contributed by atoms with E-state index in [1.807, 2.05) is 12.1 Å². The lowest BCUT2D eigenvalue weighted by Crippen LogP contribution is -2.32. The van der Waals surface area contributed by atoms with Gasteiger partial charge in [0, 0.05) is 11.1 Å². The molecule has 1 heterocycles. The number of rotatable bonds is 3. The van der Waals surface area contributed by atoms with Crippen LogP contribution in [0.5, 0.6) is 11.5 Å². The summed E-state index contributed by atoms with van der Waals surface area (Å²) in [5.74, 6) is 2.83. The van der Waals surface area contributed by atoms with E-state index < -0.39 is 0 Å². The molecule has 0 amide bonds. The van der Waals surface area contributed by atoms with Crippen LogP contribution in [0.25, 0.3) is 0 Å². The molecule has 1 fully saturated rings. The Morgan fingerprint density at radius 2 is 1.50 bits per heavy atom. The van der Waals surface area contributed by atoms with Crippen LogP contribution in [0.1, 0.15) is 36.4 Å². The summed E-state index contributed by atoms with van der Waals surface area (Å²) in [6.07, 6.45) is 4.15. The number of fused-ring (bicyclic) bond motifs is 2. The Morgan fingerprint density at radius 3 is 2.05 bits per heavy atom. The van der Waals surface area contributed by atoms with E-state index in [2.05, 4.69) is 41.7 Å². The van der Waals surface area contributed by atoms with E-state index in [1.165, 1.54) is 30.4 Å². The molecule has 2 aromatic rings. The van der Waals surface area contributed by atoms with Gasteiger partial charge < -0.3 is 10.1 Å². The van der Waals surface area contributed by atoms with Gasteiger partial charge in [0.1, 0.15) is 11.5 Å². The quantitative estimate of drug-likeness (QED) is 0.894. The Bertz CT molecular complexity index is 573. The van der Waals surface area contributed by atoms with Crippen LogP contribution >= 0.6 is 0 Å². The number of hydrogen-bond donors (Lipinski definition) is 1. The van der Waals surface area contributed by atoms with Crippen LogP contribution in [-0.2, 0) is 0 Å². The fraction of sp³-hybridized carbons (Fsp3) is 0.333. The van der Waals surface area contributed by atoms with Gasteiger partial charge in [-0.05, 0) is 37.4 Å². The number of hydrogen-bond acceptors (Lipinski definition) is 2. The Hall–Kier alpha value is -1.80. The van der Waals surface area contributed by atoms with Gasteiger partial charge in [-0.25, -0.2) is 0 Å². The van der Waals surface area contributed by atoms with E-state index in [1.54, 1.807) is 0 Å². The molecule has 2 aliphatic rings. The fourth-order valence-corrected chi connectivity index (χ4v) is 3.11. The van der Waals surface area contributed by atoms with E-state index in [9.17, 15) is 0 Å². The molecule has 2 heteroatoms. The minimum Gasteiger partial charge on any atom is -0.457 e. The third kappa shape index (κ3) is 2.01. The summed E-state index contributed by atoms with van der Waals surface area (Å²) in [7, 11) is 0. The second-order valence-electron chi connectivity index (χ2n) is 5.82. The highest BCUT2D eigenvalue weighted by molar-refractivity contribution is 5.52. The van der Waals surface area contributed by atoms with Crippen molar-refractivity contribution in [2.45, 2.75) is 25.3 Å². The Kier molecular flexibility index (Phi) is 2.96. The summed E-state index contributed by atoms with van der Waals surface area (Å²) in [5, 5.41) is 3.76. The lowest BCUT2D eigenvalue weighted by atomic mass is 9.84. The van der Waals surface area contributed by atoms with Gasteiger partial charge >= 0.3 is 0 Å². The molecule has 20 heavy (non-hydrogen) atoms. The lowest BCUT2D eigenvalue weighted by molar-refractivity contribution is 0.291. The van der Waals surface area contributed by atoms with Crippen LogP contribution in [0, 0.1) is 5.92 Å². The third-order valence-corrected chi connectivity index (χ3v) is 4.52. The zero-order valence-corrected chi connectivity index (χ0v) is 11.5. The second-order valence-corrected chi connectivity index (χ2v) is 5.82. The number of ether oxygens (including phenoxy) is 1. The molecule has 1 N–H and O–H groups in total. The maximum atomic E-state index is 6.01. The summed E-state index contributed by atoms with van der Waals surface area (Å²) < 4.78 is 6.01. The van der Waals surface area contributed by atoms with Crippen molar-refractivity contribution in [2.24, 2.45) is 5.92 Å². The zero-order valence-electron chi connectivity index (χ0n) is 11.5. The van der Waals surface area contributed by atoms with Crippen molar-refractivity contribution in [3.05, 3.63) is 59.7 Å². The predicted octanol–water partition coefficient (Wildman–Crippen LogP) is 4.27. The minimum atomic E-state index is 0.261. The Labute approximate surface area is 119 Å². The van der Waals surface area contributed by atoms with Crippen LogP contribution in [0.3, 0.4) is 0 Å². The molecule has 0 atom stereocenters. The number of nitrogens with one attached hydrogen (secondary N) is 1. The van der Waals surface area contributed by atoms with Crippen molar-refractivity contribution >= 4 is 0 Å². The van der Waals surface area contributed by atoms with Gasteiger partial charge in [-0.2, -0.15) is 0 Å². The van der Waals surface area contributed by atoms with Crippen molar-refractivity contribution < 1.29 is 4.74 Å². The summed E-state index contributed by atoms with van der Waals surface area (Å²) in [6, 6.07) is 17.0. The van der Waals surface area contributed by atoms with Crippen LogP contribution < -0.4 is 10.1 Å². The molecule has 1 aliphatic carbocycles. The molecule has 0 radical (unpaired) electrons. The summed E-state index contributed by atoms with van der Waals surface area (Å²) in [5.41, 5.74) is 2.51. The number of para-hydroxylation sites is 2. The van der Waals surface area contributed by atoms with Crippen molar-refractivity contribution in [3.8, 4) is 11.5 Å². The van der Waals surface area contributed by atoms with Crippen molar-refractivity contribution in [1.82, 2.24) is 5.32 Å². The van der Waals surface area contributed by atoms with E-state index in [0.717, 1.165) is 24.0 Å². The highest BCUT2D eigenvalue weighted by Gasteiger charge is 2.27. The van der Waals surface area contributed by atoms with E-state index in [0.29, 0.717) is 0 Å². The normalized spacial score (nSPS) is 17.8.